The maximum Gasteiger partial charge on any atom is 0.285 e. The molecule has 0 aromatic heterocycles. The first-order valence-electron chi connectivity index (χ1n) is 11.7. The second kappa shape index (κ2) is 8.87. The third-order valence-electron chi connectivity index (χ3n) is 6.95. The summed E-state index contributed by atoms with van der Waals surface area (Å²) < 4.78 is 29.0. The van der Waals surface area contributed by atoms with Crippen molar-refractivity contribution in [3.05, 3.63) is 65.2 Å². The number of carbonyl (C=O) groups is 2. The highest BCUT2D eigenvalue weighted by atomic mass is 32.2. The molecule has 0 bridgehead atoms. The number of nitrogens with zero attached hydrogens (tertiary/aromatic N) is 3. The van der Waals surface area contributed by atoms with Gasteiger partial charge in [0.15, 0.2) is 5.84 Å². The molecule has 34 heavy (non-hydrogen) atoms. The summed E-state index contributed by atoms with van der Waals surface area (Å²) in [5.74, 6) is 0.307. The number of sulfonamides is 1. The molecular formula is C25H28N4O4S. The van der Waals surface area contributed by atoms with Gasteiger partial charge in [0.2, 0.25) is 5.91 Å². The predicted molar refractivity (Wildman–Crippen MR) is 128 cm³/mol. The van der Waals surface area contributed by atoms with Gasteiger partial charge in [0.05, 0.1) is 0 Å². The lowest BCUT2D eigenvalue weighted by atomic mass is 10.0. The Morgan fingerprint density at radius 2 is 1.68 bits per heavy atom. The van der Waals surface area contributed by atoms with Crippen molar-refractivity contribution in [1.82, 2.24) is 15.1 Å². The summed E-state index contributed by atoms with van der Waals surface area (Å²) >= 11 is 0. The number of rotatable bonds is 3. The van der Waals surface area contributed by atoms with Crippen LogP contribution in [0.4, 0.5) is 0 Å². The molecule has 2 amide bonds. The minimum Gasteiger partial charge on any atom is -0.349 e. The summed E-state index contributed by atoms with van der Waals surface area (Å²) in [5, 5.41) is 3.11. The molecule has 8 nitrogen and oxygen atoms in total. The standard InChI is InChI=1S/C25H28N4O4S/c1-17-7-2-3-8-19(17)24(30)26-18-12-15-28(16-13-18)25(31)21-10-6-14-29(21)23-20-9-4-5-11-22(20)34(32,33)27-23/h2-5,7-9,11,18,21H,6,10,12-16H2,1H3,(H,26,30)/t21-/m0/s1. The molecule has 3 aliphatic rings. The van der Waals surface area contributed by atoms with Gasteiger partial charge in [-0.15, -0.1) is 4.40 Å². The van der Waals surface area contributed by atoms with Crippen molar-refractivity contribution in [2.75, 3.05) is 19.6 Å². The van der Waals surface area contributed by atoms with Crippen molar-refractivity contribution >= 4 is 27.7 Å². The molecule has 2 saturated heterocycles. The number of piperidine rings is 1. The van der Waals surface area contributed by atoms with E-state index in [1.54, 1.807) is 24.3 Å². The highest BCUT2D eigenvalue weighted by Crippen LogP contribution is 2.32. The van der Waals surface area contributed by atoms with E-state index in [0.717, 1.165) is 12.0 Å². The summed E-state index contributed by atoms with van der Waals surface area (Å²) in [5.41, 5.74) is 2.18. The summed E-state index contributed by atoms with van der Waals surface area (Å²) in [7, 11) is -3.73. The number of fused-ring (bicyclic) bond motifs is 1. The number of hydrogen-bond donors (Lipinski definition) is 1. The van der Waals surface area contributed by atoms with Gasteiger partial charge in [-0.1, -0.05) is 30.3 Å². The first-order valence-corrected chi connectivity index (χ1v) is 13.2. The molecular weight excluding hydrogens is 452 g/mol. The number of benzene rings is 2. The van der Waals surface area contributed by atoms with Crippen LogP contribution < -0.4 is 5.32 Å². The molecule has 1 N–H and O–H groups in total. The van der Waals surface area contributed by atoms with Gasteiger partial charge in [-0.3, -0.25) is 9.59 Å². The van der Waals surface area contributed by atoms with Gasteiger partial charge in [0.1, 0.15) is 10.9 Å². The van der Waals surface area contributed by atoms with E-state index in [1.165, 1.54) is 0 Å². The number of nitrogens with one attached hydrogen (secondary N) is 1. The third-order valence-corrected chi connectivity index (χ3v) is 8.28. The van der Waals surface area contributed by atoms with Crippen LogP contribution in [0.1, 0.15) is 47.2 Å². The summed E-state index contributed by atoms with van der Waals surface area (Å²) in [6.07, 6.45) is 2.85. The smallest absolute Gasteiger partial charge is 0.285 e. The van der Waals surface area contributed by atoms with Gasteiger partial charge in [-0.05, 0) is 56.4 Å². The molecule has 0 saturated carbocycles. The van der Waals surface area contributed by atoms with Gasteiger partial charge in [0, 0.05) is 36.8 Å². The molecule has 3 heterocycles. The van der Waals surface area contributed by atoms with Crippen LogP contribution in [0.2, 0.25) is 0 Å². The second-order valence-electron chi connectivity index (χ2n) is 9.13. The topological polar surface area (TPSA) is 99.2 Å². The maximum atomic E-state index is 13.4. The zero-order valence-electron chi connectivity index (χ0n) is 19.1. The quantitative estimate of drug-likeness (QED) is 0.727. The van der Waals surface area contributed by atoms with Crippen LogP contribution in [0.5, 0.6) is 0 Å². The molecule has 0 aliphatic carbocycles. The number of aryl methyl sites for hydroxylation is 1. The highest BCUT2D eigenvalue weighted by molar-refractivity contribution is 7.90. The minimum atomic E-state index is -3.73. The number of hydrogen-bond acceptors (Lipinski definition) is 5. The van der Waals surface area contributed by atoms with E-state index in [2.05, 4.69) is 9.71 Å². The third kappa shape index (κ3) is 4.09. The lowest BCUT2D eigenvalue weighted by Gasteiger charge is -2.36. The van der Waals surface area contributed by atoms with Crippen molar-refractivity contribution in [2.45, 2.75) is 49.6 Å². The van der Waals surface area contributed by atoms with E-state index in [9.17, 15) is 18.0 Å². The molecule has 0 unspecified atom stereocenters. The first kappa shape index (κ1) is 22.6. The van der Waals surface area contributed by atoms with E-state index in [1.807, 2.05) is 41.0 Å². The van der Waals surface area contributed by atoms with Crippen molar-refractivity contribution in [1.29, 1.82) is 0 Å². The fourth-order valence-electron chi connectivity index (χ4n) is 5.12. The molecule has 178 valence electrons. The zero-order valence-corrected chi connectivity index (χ0v) is 19.9. The number of likely N-dealkylation sites (tertiary alicyclic amines) is 2. The Morgan fingerprint density at radius 3 is 2.44 bits per heavy atom. The Bertz CT molecular complexity index is 1270. The Kier molecular flexibility index (Phi) is 5.89. The van der Waals surface area contributed by atoms with Crippen LogP contribution in [0.3, 0.4) is 0 Å². The SMILES string of the molecule is Cc1ccccc1C(=O)NC1CCN(C(=O)[C@@H]2CCCN2C2=NS(=O)(=O)c3ccccc32)CC1. The molecule has 0 spiro atoms. The Labute approximate surface area is 199 Å². The van der Waals surface area contributed by atoms with E-state index in [4.69, 9.17) is 0 Å². The number of carbonyl (C=O) groups excluding carboxylic acids is 2. The fraction of sp³-hybridized carbons (Fsp3) is 0.400. The molecule has 2 aromatic rings. The maximum absolute atomic E-state index is 13.4. The predicted octanol–water partition coefficient (Wildman–Crippen LogP) is 2.33. The number of amidine groups is 1. The second-order valence-corrected chi connectivity index (χ2v) is 10.7. The average molecular weight is 481 g/mol. The highest BCUT2D eigenvalue weighted by Gasteiger charge is 2.41. The van der Waals surface area contributed by atoms with Crippen LogP contribution in [0.15, 0.2) is 57.8 Å². The Balaban J connectivity index is 1.24. The van der Waals surface area contributed by atoms with Gasteiger partial charge < -0.3 is 15.1 Å². The summed E-state index contributed by atoms with van der Waals surface area (Å²) in [6, 6.07) is 13.9. The van der Waals surface area contributed by atoms with Crippen molar-refractivity contribution in [3.63, 3.8) is 0 Å². The molecule has 9 heteroatoms. The van der Waals surface area contributed by atoms with Gasteiger partial charge in [0.25, 0.3) is 15.9 Å². The first-order chi connectivity index (χ1) is 16.3. The van der Waals surface area contributed by atoms with Crippen molar-refractivity contribution < 1.29 is 18.0 Å². The van der Waals surface area contributed by atoms with Crippen LogP contribution >= 0.6 is 0 Å². The number of amides is 2. The molecule has 5 rings (SSSR count). The van der Waals surface area contributed by atoms with E-state index >= 15 is 0 Å². The zero-order chi connectivity index (χ0) is 23.9. The fourth-order valence-corrected chi connectivity index (χ4v) is 6.34. The Morgan fingerprint density at radius 1 is 0.971 bits per heavy atom. The average Bonchev–Trinajstić information content (AvgIpc) is 3.42. The van der Waals surface area contributed by atoms with Gasteiger partial charge >= 0.3 is 0 Å². The molecule has 0 radical (unpaired) electrons. The van der Waals surface area contributed by atoms with E-state index in [-0.39, 0.29) is 22.8 Å². The normalized spacial score (nSPS) is 21.8. The summed E-state index contributed by atoms with van der Waals surface area (Å²) in [6.45, 7) is 3.64. The molecule has 3 aliphatic heterocycles. The van der Waals surface area contributed by atoms with Crippen LogP contribution in [0.25, 0.3) is 0 Å². The largest absolute Gasteiger partial charge is 0.349 e. The van der Waals surface area contributed by atoms with E-state index < -0.39 is 16.1 Å². The lowest BCUT2D eigenvalue weighted by Crippen LogP contribution is -2.52. The van der Waals surface area contributed by atoms with Crippen LogP contribution in [-0.2, 0) is 14.8 Å². The van der Waals surface area contributed by atoms with Gasteiger partial charge in [-0.25, -0.2) is 0 Å². The van der Waals surface area contributed by atoms with Gasteiger partial charge in [-0.2, -0.15) is 8.42 Å². The minimum absolute atomic E-state index is 0.00524. The van der Waals surface area contributed by atoms with Crippen molar-refractivity contribution in [3.8, 4) is 0 Å². The summed E-state index contributed by atoms with van der Waals surface area (Å²) in [4.78, 5) is 30.0. The van der Waals surface area contributed by atoms with Crippen molar-refractivity contribution in [2.24, 2.45) is 4.40 Å². The molecule has 2 fully saturated rings. The van der Waals surface area contributed by atoms with E-state index in [0.29, 0.717) is 55.9 Å². The van der Waals surface area contributed by atoms with Crippen LogP contribution in [-0.4, -0.2) is 67.6 Å². The molecule has 1 atom stereocenters. The Hall–Kier alpha value is -3.20. The lowest BCUT2D eigenvalue weighted by molar-refractivity contribution is -0.135. The van der Waals surface area contributed by atoms with Crippen LogP contribution in [0, 0.1) is 6.92 Å². The molecule has 2 aromatic carbocycles. The monoisotopic (exact) mass is 480 g/mol.